The Morgan fingerprint density at radius 3 is 2.50 bits per heavy atom. The van der Waals surface area contributed by atoms with E-state index >= 15 is 0 Å². The maximum absolute atomic E-state index is 13.3. The van der Waals surface area contributed by atoms with E-state index in [9.17, 15) is 13.2 Å². The highest BCUT2D eigenvalue weighted by atomic mass is 32.2. The summed E-state index contributed by atoms with van der Waals surface area (Å²) in [6, 6.07) is 7.69. The fraction of sp³-hybridized carbons (Fsp3) is 0.611. The van der Waals surface area contributed by atoms with Gasteiger partial charge in [-0.3, -0.25) is 4.79 Å². The number of aryl methyl sites for hydroxylation is 1. The lowest BCUT2D eigenvalue weighted by atomic mass is 9.86. The van der Waals surface area contributed by atoms with Gasteiger partial charge in [0.1, 0.15) is 0 Å². The summed E-state index contributed by atoms with van der Waals surface area (Å²) in [7, 11) is -3.13. The Hall–Kier alpha value is -1.40. The smallest absolute Gasteiger partial charge is 0.230 e. The van der Waals surface area contributed by atoms with E-state index in [1.807, 2.05) is 45.0 Å². The number of carbonyl (C=O) groups is 1. The van der Waals surface area contributed by atoms with Crippen LogP contribution in [0, 0.1) is 12.8 Å². The number of rotatable bonds is 3. The van der Waals surface area contributed by atoms with Gasteiger partial charge in [-0.15, -0.1) is 0 Å². The van der Waals surface area contributed by atoms with E-state index in [4.69, 9.17) is 4.74 Å². The summed E-state index contributed by atoms with van der Waals surface area (Å²) in [5, 5.41) is 0. The molecule has 3 atom stereocenters. The van der Waals surface area contributed by atoms with Crippen molar-refractivity contribution in [3.63, 3.8) is 0 Å². The molecule has 0 radical (unpaired) electrons. The van der Waals surface area contributed by atoms with Crippen LogP contribution in [0.3, 0.4) is 0 Å². The van der Waals surface area contributed by atoms with Crippen LogP contribution in [0.5, 0.6) is 0 Å². The van der Waals surface area contributed by atoms with E-state index in [1.54, 1.807) is 4.90 Å². The van der Waals surface area contributed by atoms with E-state index in [0.717, 1.165) is 11.1 Å². The molecule has 0 N–H and O–H groups in total. The van der Waals surface area contributed by atoms with Crippen molar-refractivity contribution in [3.8, 4) is 0 Å². The molecule has 132 valence electrons. The number of amides is 1. The number of ether oxygens (including phenoxy) is 1. The number of hydrogen-bond acceptors (Lipinski definition) is 4. The SMILES string of the molecule is Cc1ccc(C(C(=O)N2CCOC3CS(=O)(=O)CC32)C(C)C)cc1. The van der Waals surface area contributed by atoms with Gasteiger partial charge >= 0.3 is 0 Å². The molecule has 1 aromatic rings. The average molecular weight is 351 g/mol. The van der Waals surface area contributed by atoms with Crippen molar-refractivity contribution in [3.05, 3.63) is 35.4 Å². The van der Waals surface area contributed by atoms with Crippen molar-refractivity contribution >= 4 is 15.7 Å². The molecule has 24 heavy (non-hydrogen) atoms. The zero-order valence-corrected chi connectivity index (χ0v) is 15.3. The monoisotopic (exact) mass is 351 g/mol. The fourth-order valence-electron chi connectivity index (χ4n) is 3.75. The second-order valence-electron chi connectivity index (χ2n) is 7.22. The van der Waals surface area contributed by atoms with Gasteiger partial charge in [-0.2, -0.15) is 0 Å². The van der Waals surface area contributed by atoms with Gasteiger partial charge in [0.15, 0.2) is 9.84 Å². The molecular formula is C18H25NO4S. The van der Waals surface area contributed by atoms with E-state index in [2.05, 4.69) is 0 Å². The van der Waals surface area contributed by atoms with Gasteiger partial charge in [-0.05, 0) is 18.4 Å². The van der Waals surface area contributed by atoms with Crippen molar-refractivity contribution in [2.75, 3.05) is 24.7 Å². The third-order valence-corrected chi connectivity index (χ3v) is 6.67. The second-order valence-corrected chi connectivity index (χ2v) is 9.37. The Morgan fingerprint density at radius 1 is 1.21 bits per heavy atom. The highest BCUT2D eigenvalue weighted by molar-refractivity contribution is 7.91. The largest absolute Gasteiger partial charge is 0.373 e. The van der Waals surface area contributed by atoms with Crippen LogP contribution in [0.4, 0.5) is 0 Å². The van der Waals surface area contributed by atoms with Crippen molar-refractivity contribution in [2.24, 2.45) is 5.92 Å². The molecule has 1 amide bonds. The predicted molar refractivity (Wildman–Crippen MR) is 92.7 cm³/mol. The third kappa shape index (κ3) is 3.35. The van der Waals surface area contributed by atoms with Crippen molar-refractivity contribution in [1.82, 2.24) is 4.90 Å². The number of sulfone groups is 1. The number of hydrogen-bond donors (Lipinski definition) is 0. The van der Waals surface area contributed by atoms with Crippen molar-refractivity contribution in [2.45, 2.75) is 38.8 Å². The van der Waals surface area contributed by atoms with E-state index in [0.29, 0.717) is 13.2 Å². The zero-order chi connectivity index (χ0) is 17.5. The minimum atomic E-state index is -3.13. The first-order valence-corrected chi connectivity index (χ1v) is 10.3. The summed E-state index contributed by atoms with van der Waals surface area (Å²) in [5.74, 6) is -0.0584. The van der Waals surface area contributed by atoms with E-state index in [1.165, 1.54) is 0 Å². The highest BCUT2D eigenvalue weighted by Crippen LogP contribution is 2.32. The molecule has 1 aromatic carbocycles. The normalized spacial score (nSPS) is 27.1. The first kappa shape index (κ1) is 17.4. The van der Waals surface area contributed by atoms with Crippen LogP contribution in [0.1, 0.15) is 30.9 Å². The lowest BCUT2D eigenvalue weighted by Crippen LogP contribution is -2.54. The van der Waals surface area contributed by atoms with Gasteiger partial charge in [-0.25, -0.2) is 8.42 Å². The molecule has 3 unspecified atom stereocenters. The summed E-state index contributed by atoms with van der Waals surface area (Å²) >= 11 is 0. The Morgan fingerprint density at radius 2 is 1.88 bits per heavy atom. The molecule has 3 rings (SSSR count). The van der Waals surface area contributed by atoms with E-state index in [-0.39, 0.29) is 41.4 Å². The van der Waals surface area contributed by atoms with Crippen LogP contribution in [0.25, 0.3) is 0 Å². The molecule has 6 heteroatoms. The maximum atomic E-state index is 13.3. The summed E-state index contributed by atoms with van der Waals surface area (Å²) < 4.78 is 29.5. The molecule has 0 bridgehead atoms. The van der Waals surface area contributed by atoms with Gasteiger partial charge < -0.3 is 9.64 Å². The molecule has 2 aliphatic rings. The number of morpholine rings is 1. The fourth-order valence-corrected chi connectivity index (χ4v) is 5.62. The maximum Gasteiger partial charge on any atom is 0.230 e. The molecule has 2 saturated heterocycles. The Labute approximate surface area is 143 Å². The first-order chi connectivity index (χ1) is 11.3. The van der Waals surface area contributed by atoms with Crippen molar-refractivity contribution in [1.29, 1.82) is 0 Å². The number of carbonyl (C=O) groups excluding carboxylic acids is 1. The predicted octanol–water partition coefficient (Wildman–Crippen LogP) is 1.76. The van der Waals surface area contributed by atoms with Gasteiger partial charge in [-0.1, -0.05) is 43.7 Å². The molecule has 0 spiro atoms. The Bertz CT molecular complexity index is 711. The molecule has 2 aliphatic heterocycles. The summed E-state index contributed by atoms with van der Waals surface area (Å²) in [6.45, 7) is 6.95. The van der Waals surface area contributed by atoms with Crippen LogP contribution in [-0.2, 0) is 19.4 Å². The minimum Gasteiger partial charge on any atom is -0.373 e. The van der Waals surface area contributed by atoms with Crippen LogP contribution < -0.4 is 0 Å². The average Bonchev–Trinajstić information content (AvgIpc) is 2.82. The molecule has 0 aliphatic carbocycles. The lowest BCUT2D eigenvalue weighted by Gasteiger charge is -2.39. The van der Waals surface area contributed by atoms with Gasteiger partial charge in [0.2, 0.25) is 5.91 Å². The topological polar surface area (TPSA) is 63.7 Å². The molecule has 2 heterocycles. The van der Waals surface area contributed by atoms with Crippen molar-refractivity contribution < 1.29 is 17.9 Å². The molecule has 5 nitrogen and oxygen atoms in total. The summed E-state index contributed by atoms with van der Waals surface area (Å²) in [4.78, 5) is 15.0. The number of benzene rings is 1. The zero-order valence-electron chi connectivity index (χ0n) is 14.4. The Kier molecular flexibility index (Phi) is 4.71. The lowest BCUT2D eigenvalue weighted by molar-refractivity contribution is -0.145. The third-order valence-electron chi connectivity index (χ3n) is 4.99. The second kappa shape index (κ2) is 6.48. The number of fused-ring (bicyclic) bond motifs is 1. The van der Waals surface area contributed by atoms with Crippen LogP contribution in [-0.4, -0.2) is 56.0 Å². The molecule has 2 fully saturated rings. The van der Waals surface area contributed by atoms with Crippen LogP contribution in [0.15, 0.2) is 24.3 Å². The first-order valence-electron chi connectivity index (χ1n) is 8.47. The standard InChI is InChI=1S/C18H25NO4S/c1-12(2)17(14-6-4-13(3)5-7-14)18(20)19-8-9-23-16-11-24(21,22)10-15(16)19/h4-7,12,15-17H,8-11H2,1-3H3. The van der Waals surface area contributed by atoms with Gasteiger partial charge in [0.25, 0.3) is 0 Å². The summed E-state index contributed by atoms with van der Waals surface area (Å²) in [6.07, 6.45) is -0.376. The summed E-state index contributed by atoms with van der Waals surface area (Å²) in [5.41, 5.74) is 2.14. The van der Waals surface area contributed by atoms with Gasteiger partial charge in [0, 0.05) is 6.54 Å². The number of nitrogens with zero attached hydrogens (tertiary/aromatic N) is 1. The van der Waals surface area contributed by atoms with Gasteiger partial charge in [0.05, 0.1) is 36.2 Å². The molecule has 0 aromatic heterocycles. The van der Waals surface area contributed by atoms with Crippen LogP contribution >= 0.6 is 0 Å². The van der Waals surface area contributed by atoms with Crippen LogP contribution in [0.2, 0.25) is 0 Å². The quantitative estimate of drug-likeness (QED) is 0.832. The van der Waals surface area contributed by atoms with E-state index < -0.39 is 9.84 Å². The minimum absolute atomic E-state index is 0.0160. The highest BCUT2D eigenvalue weighted by Gasteiger charge is 2.47. The Balaban J connectivity index is 1.88. The molecule has 0 saturated carbocycles. The molecular weight excluding hydrogens is 326 g/mol.